The number of hydrogen-bond donors (Lipinski definition) is 1. The molecule has 0 saturated carbocycles. The zero-order valence-corrected chi connectivity index (χ0v) is 18.0. The molecule has 0 bridgehead atoms. The van der Waals surface area contributed by atoms with Gasteiger partial charge in [0, 0.05) is 11.9 Å². The van der Waals surface area contributed by atoms with E-state index in [0.29, 0.717) is 23.4 Å². The lowest BCUT2D eigenvalue weighted by molar-refractivity contribution is -0.124. The van der Waals surface area contributed by atoms with Crippen LogP contribution in [0.25, 0.3) is 11.0 Å². The van der Waals surface area contributed by atoms with Gasteiger partial charge in [-0.2, -0.15) is 0 Å². The van der Waals surface area contributed by atoms with E-state index in [1.165, 1.54) is 18.4 Å². The number of benzene rings is 2. The minimum atomic E-state index is -0.682. The molecule has 0 aliphatic heterocycles. The second-order valence-electron chi connectivity index (χ2n) is 7.79. The van der Waals surface area contributed by atoms with Gasteiger partial charge in [0.1, 0.15) is 17.9 Å². The first-order chi connectivity index (χ1) is 15.7. The van der Waals surface area contributed by atoms with E-state index in [1.807, 2.05) is 48.5 Å². The van der Waals surface area contributed by atoms with Gasteiger partial charge in [0.15, 0.2) is 6.61 Å². The van der Waals surface area contributed by atoms with Gasteiger partial charge in [-0.3, -0.25) is 4.79 Å². The smallest absolute Gasteiger partial charge is 0.375 e. The highest BCUT2D eigenvalue weighted by Gasteiger charge is 2.23. The molecule has 6 heteroatoms. The first kappa shape index (κ1) is 21.7. The Morgan fingerprint density at radius 1 is 1.00 bits per heavy atom. The summed E-state index contributed by atoms with van der Waals surface area (Å²) in [7, 11) is 0. The van der Waals surface area contributed by atoms with E-state index in [1.54, 1.807) is 6.07 Å². The predicted octanol–water partition coefficient (Wildman–Crippen LogP) is 5.18. The number of esters is 1. The maximum absolute atomic E-state index is 12.7. The molecule has 1 aliphatic carbocycles. The summed E-state index contributed by atoms with van der Waals surface area (Å²) in [6.07, 6.45) is 7.77. The highest BCUT2D eigenvalue weighted by atomic mass is 16.5. The van der Waals surface area contributed by atoms with Crippen molar-refractivity contribution in [2.75, 3.05) is 13.2 Å². The van der Waals surface area contributed by atoms with Crippen LogP contribution >= 0.6 is 0 Å². The third-order valence-electron chi connectivity index (χ3n) is 5.50. The molecule has 3 aromatic rings. The minimum Gasteiger partial charge on any atom is -0.489 e. The SMILES string of the molecule is O=C(COC(=O)c1oc2ccccc2c1COc1ccccc1)NCCC1=CCCCC1. The van der Waals surface area contributed by atoms with Crippen LogP contribution in [0.1, 0.15) is 48.2 Å². The van der Waals surface area contributed by atoms with Crippen molar-refractivity contribution in [2.24, 2.45) is 0 Å². The van der Waals surface area contributed by atoms with Gasteiger partial charge in [0.2, 0.25) is 5.76 Å². The van der Waals surface area contributed by atoms with E-state index in [0.717, 1.165) is 24.6 Å². The number of carbonyl (C=O) groups is 2. The van der Waals surface area contributed by atoms with Crippen LogP contribution in [0, 0.1) is 0 Å². The Hall–Kier alpha value is -3.54. The van der Waals surface area contributed by atoms with Gasteiger partial charge in [-0.25, -0.2) is 4.79 Å². The lowest BCUT2D eigenvalue weighted by Gasteiger charge is -2.13. The fourth-order valence-corrected chi connectivity index (χ4v) is 3.82. The predicted molar refractivity (Wildman–Crippen MR) is 121 cm³/mol. The van der Waals surface area contributed by atoms with Gasteiger partial charge >= 0.3 is 5.97 Å². The van der Waals surface area contributed by atoms with E-state index in [2.05, 4.69) is 11.4 Å². The third kappa shape index (κ3) is 5.58. The van der Waals surface area contributed by atoms with E-state index in [4.69, 9.17) is 13.9 Å². The number of nitrogens with one attached hydrogen (secondary N) is 1. The summed E-state index contributed by atoms with van der Waals surface area (Å²) < 4.78 is 16.8. The highest BCUT2D eigenvalue weighted by molar-refractivity contribution is 5.96. The van der Waals surface area contributed by atoms with Crippen molar-refractivity contribution >= 4 is 22.8 Å². The molecule has 0 spiro atoms. The molecule has 6 nitrogen and oxygen atoms in total. The number of rotatable bonds is 9. The molecular formula is C26H27NO5. The molecule has 32 heavy (non-hydrogen) atoms. The van der Waals surface area contributed by atoms with Crippen molar-refractivity contribution in [3.05, 3.63) is 77.6 Å². The van der Waals surface area contributed by atoms with Crippen LogP contribution in [0.4, 0.5) is 0 Å². The number of amides is 1. The summed E-state index contributed by atoms with van der Waals surface area (Å²) in [6.45, 7) is 0.337. The van der Waals surface area contributed by atoms with Crippen LogP contribution in [0.3, 0.4) is 0 Å². The average Bonchev–Trinajstić information content (AvgIpc) is 3.21. The summed E-state index contributed by atoms with van der Waals surface area (Å²) in [4.78, 5) is 24.8. The van der Waals surface area contributed by atoms with Gasteiger partial charge in [0.25, 0.3) is 5.91 Å². The van der Waals surface area contributed by atoms with E-state index in [-0.39, 0.29) is 24.9 Å². The second-order valence-corrected chi connectivity index (χ2v) is 7.79. The summed E-state index contributed by atoms with van der Waals surface area (Å²) >= 11 is 0. The fraction of sp³-hybridized carbons (Fsp3) is 0.308. The molecule has 4 rings (SSSR count). The molecule has 0 unspecified atom stereocenters. The first-order valence-corrected chi connectivity index (χ1v) is 11.0. The molecule has 1 aromatic heterocycles. The fourth-order valence-electron chi connectivity index (χ4n) is 3.82. The van der Waals surface area contributed by atoms with Crippen molar-refractivity contribution in [3.8, 4) is 5.75 Å². The molecular weight excluding hydrogens is 406 g/mol. The van der Waals surface area contributed by atoms with Crippen LogP contribution in [-0.2, 0) is 16.1 Å². The van der Waals surface area contributed by atoms with Crippen LogP contribution in [0.2, 0.25) is 0 Å². The number of furan rings is 1. The third-order valence-corrected chi connectivity index (χ3v) is 5.50. The Labute approximate surface area is 187 Å². The van der Waals surface area contributed by atoms with Crippen molar-refractivity contribution < 1.29 is 23.5 Å². The Morgan fingerprint density at radius 3 is 2.62 bits per heavy atom. The molecule has 1 aliphatic rings. The lowest BCUT2D eigenvalue weighted by atomic mass is 9.97. The van der Waals surface area contributed by atoms with Gasteiger partial charge in [0.05, 0.1) is 5.56 Å². The summed E-state index contributed by atoms with van der Waals surface area (Å²) in [5.74, 6) is -0.266. The van der Waals surface area contributed by atoms with Crippen LogP contribution in [-0.4, -0.2) is 25.0 Å². The van der Waals surface area contributed by atoms with E-state index in [9.17, 15) is 9.59 Å². The molecule has 0 atom stereocenters. The average molecular weight is 434 g/mol. The highest BCUT2D eigenvalue weighted by Crippen LogP contribution is 2.28. The summed E-state index contributed by atoms with van der Waals surface area (Å²) in [5, 5.41) is 3.59. The van der Waals surface area contributed by atoms with Gasteiger partial charge < -0.3 is 19.2 Å². The molecule has 0 fully saturated rings. The number of para-hydroxylation sites is 2. The van der Waals surface area contributed by atoms with Gasteiger partial charge in [-0.1, -0.05) is 48.0 Å². The lowest BCUT2D eigenvalue weighted by Crippen LogP contribution is -2.30. The Kier molecular flexibility index (Phi) is 7.23. The zero-order chi connectivity index (χ0) is 22.2. The standard InChI is InChI=1S/C26H27NO5/c28-24(27-16-15-19-9-3-1-4-10-19)18-31-26(29)25-22(17-30-20-11-5-2-6-12-20)21-13-7-8-14-23(21)32-25/h2,5-9,11-14H,1,3-4,10,15-18H2,(H,27,28). The second kappa shape index (κ2) is 10.7. The summed E-state index contributed by atoms with van der Waals surface area (Å²) in [5.41, 5.74) is 2.55. The Balaban J connectivity index is 1.36. The molecule has 1 N–H and O–H groups in total. The molecule has 0 saturated heterocycles. The van der Waals surface area contributed by atoms with Crippen molar-refractivity contribution in [3.63, 3.8) is 0 Å². The topological polar surface area (TPSA) is 77.8 Å². The normalized spacial score (nSPS) is 13.4. The number of allylic oxidation sites excluding steroid dienone is 1. The monoisotopic (exact) mass is 433 g/mol. The quantitative estimate of drug-likeness (QED) is 0.372. The number of ether oxygens (including phenoxy) is 2. The number of hydrogen-bond acceptors (Lipinski definition) is 5. The Morgan fingerprint density at radius 2 is 1.81 bits per heavy atom. The van der Waals surface area contributed by atoms with Crippen molar-refractivity contribution in [1.82, 2.24) is 5.32 Å². The molecule has 166 valence electrons. The van der Waals surface area contributed by atoms with Crippen LogP contribution in [0.5, 0.6) is 5.75 Å². The van der Waals surface area contributed by atoms with Crippen LogP contribution < -0.4 is 10.1 Å². The maximum Gasteiger partial charge on any atom is 0.375 e. The van der Waals surface area contributed by atoms with Crippen LogP contribution in [0.15, 0.2) is 70.7 Å². The molecule has 1 amide bonds. The first-order valence-electron chi connectivity index (χ1n) is 11.0. The number of carbonyl (C=O) groups excluding carboxylic acids is 2. The van der Waals surface area contributed by atoms with Gasteiger partial charge in [-0.15, -0.1) is 0 Å². The molecule has 1 heterocycles. The van der Waals surface area contributed by atoms with Crippen molar-refractivity contribution in [2.45, 2.75) is 38.7 Å². The largest absolute Gasteiger partial charge is 0.489 e. The molecule has 0 radical (unpaired) electrons. The summed E-state index contributed by atoms with van der Waals surface area (Å²) in [6, 6.07) is 16.7. The van der Waals surface area contributed by atoms with E-state index >= 15 is 0 Å². The number of fused-ring (bicyclic) bond motifs is 1. The van der Waals surface area contributed by atoms with Gasteiger partial charge in [-0.05, 0) is 50.3 Å². The Bertz CT molecular complexity index is 1100. The molecule has 2 aromatic carbocycles. The maximum atomic E-state index is 12.7. The zero-order valence-electron chi connectivity index (χ0n) is 18.0. The van der Waals surface area contributed by atoms with Crippen molar-refractivity contribution in [1.29, 1.82) is 0 Å². The minimum absolute atomic E-state index is 0.0577. The van der Waals surface area contributed by atoms with E-state index < -0.39 is 5.97 Å².